The summed E-state index contributed by atoms with van der Waals surface area (Å²) in [5.74, 6) is 0. The van der Waals surface area contributed by atoms with E-state index in [1.807, 2.05) is 24.3 Å². The van der Waals surface area contributed by atoms with Crippen LogP contribution in [0, 0.1) is 0 Å². The molecule has 2 aromatic heterocycles. The zero-order valence-electron chi connectivity index (χ0n) is 14.8. The van der Waals surface area contributed by atoms with Gasteiger partial charge in [0.1, 0.15) is 5.58 Å². The predicted octanol–water partition coefficient (Wildman–Crippen LogP) is 3.33. The van der Waals surface area contributed by atoms with E-state index in [-0.39, 0.29) is 25.6 Å². The number of halogens is 1. The monoisotopic (exact) mass is 374 g/mol. The van der Waals surface area contributed by atoms with Gasteiger partial charge in [-0.15, -0.1) is 12.4 Å². The number of benzene rings is 2. The van der Waals surface area contributed by atoms with Crippen molar-refractivity contribution in [3.63, 3.8) is 0 Å². The highest BCUT2D eigenvalue weighted by Gasteiger charge is 2.23. The van der Waals surface area contributed by atoms with Crippen molar-refractivity contribution in [3.05, 3.63) is 48.0 Å². The van der Waals surface area contributed by atoms with Crippen molar-refractivity contribution < 1.29 is 14.6 Å². The Morgan fingerprint density at radius 1 is 1.08 bits per heavy atom. The molecule has 6 heteroatoms. The second-order valence-electron chi connectivity index (χ2n) is 6.88. The third-order valence-corrected chi connectivity index (χ3v) is 5.03. The van der Waals surface area contributed by atoms with Gasteiger partial charge in [-0.2, -0.15) is 0 Å². The first-order chi connectivity index (χ1) is 12.1. The van der Waals surface area contributed by atoms with E-state index >= 15 is 0 Å². The second-order valence-corrected chi connectivity index (χ2v) is 6.88. The topological polar surface area (TPSA) is 70.6 Å². The molecule has 0 amide bonds. The number of furan rings is 1. The number of hydrogen-bond acceptors (Lipinski definition) is 4. The van der Waals surface area contributed by atoms with Crippen LogP contribution in [-0.4, -0.2) is 33.5 Å². The standard InChI is InChI=1S/C20H22N2O3.ClH/c1-20(11-23,12-24)21-10-13-6-5-8-15-17(13)19-18(22(15)2)14-7-3-4-9-16(14)25-19;/h3-9,21,23-24H,10-12H2,1-2H3;1H. The Morgan fingerprint density at radius 2 is 1.81 bits per heavy atom. The molecule has 4 rings (SSSR count). The zero-order chi connectivity index (χ0) is 17.6. The van der Waals surface area contributed by atoms with E-state index in [1.165, 1.54) is 0 Å². The molecular weight excluding hydrogens is 352 g/mol. The number of para-hydroxylation sites is 1. The molecule has 0 radical (unpaired) electrons. The molecule has 5 nitrogen and oxygen atoms in total. The van der Waals surface area contributed by atoms with Crippen LogP contribution in [0.3, 0.4) is 0 Å². The predicted molar refractivity (Wildman–Crippen MR) is 107 cm³/mol. The van der Waals surface area contributed by atoms with E-state index in [9.17, 15) is 10.2 Å². The van der Waals surface area contributed by atoms with Crippen molar-refractivity contribution in [2.24, 2.45) is 7.05 Å². The van der Waals surface area contributed by atoms with Crippen molar-refractivity contribution in [2.45, 2.75) is 19.0 Å². The van der Waals surface area contributed by atoms with E-state index in [2.05, 4.69) is 35.1 Å². The Balaban J connectivity index is 0.00000196. The summed E-state index contributed by atoms with van der Waals surface area (Å²) >= 11 is 0. The molecule has 0 saturated carbocycles. The number of aliphatic hydroxyl groups is 2. The van der Waals surface area contributed by atoms with E-state index in [0.717, 1.165) is 38.5 Å². The quantitative estimate of drug-likeness (QED) is 0.501. The van der Waals surface area contributed by atoms with Crippen LogP contribution in [0.1, 0.15) is 12.5 Å². The van der Waals surface area contributed by atoms with Crippen LogP contribution in [0.15, 0.2) is 46.9 Å². The molecule has 26 heavy (non-hydrogen) atoms. The van der Waals surface area contributed by atoms with Crippen molar-refractivity contribution in [1.29, 1.82) is 0 Å². The second kappa shape index (κ2) is 6.93. The molecule has 0 aliphatic rings. The minimum Gasteiger partial charge on any atom is -0.454 e. The maximum absolute atomic E-state index is 9.50. The zero-order valence-corrected chi connectivity index (χ0v) is 15.6. The van der Waals surface area contributed by atoms with E-state index in [1.54, 1.807) is 6.92 Å². The number of aromatic nitrogens is 1. The largest absolute Gasteiger partial charge is 0.454 e. The third kappa shape index (κ3) is 2.77. The lowest BCUT2D eigenvalue weighted by molar-refractivity contribution is 0.103. The van der Waals surface area contributed by atoms with Crippen LogP contribution in [0.5, 0.6) is 0 Å². The molecule has 0 bridgehead atoms. The fourth-order valence-corrected chi connectivity index (χ4v) is 3.40. The summed E-state index contributed by atoms with van der Waals surface area (Å²) in [7, 11) is 2.05. The van der Waals surface area contributed by atoms with Gasteiger partial charge in [-0.3, -0.25) is 0 Å². The van der Waals surface area contributed by atoms with Crippen molar-refractivity contribution in [1.82, 2.24) is 9.88 Å². The van der Waals surface area contributed by atoms with Gasteiger partial charge in [0.15, 0.2) is 5.58 Å². The number of aliphatic hydroxyl groups excluding tert-OH is 2. The maximum Gasteiger partial charge on any atom is 0.161 e. The molecular formula is C20H23ClN2O3. The first-order valence-electron chi connectivity index (χ1n) is 8.42. The molecule has 0 aliphatic heterocycles. The molecule has 138 valence electrons. The van der Waals surface area contributed by atoms with Gasteiger partial charge in [0.05, 0.1) is 29.8 Å². The summed E-state index contributed by atoms with van der Waals surface area (Å²) in [6.07, 6.45) is 0. The number of rotatable bonds is 5. The number of hydrogen-bond donors (Lipinski definition) is 3. The summed E-state index contributed by atoms with van der Waals surface area (Å²) in [4.78, 5) is 0. The van der Waals surface area contributed by atoms with Crippen LogP contribution < -0.4 is 5.32 Å². The van der Waals surface area contributed by atoms with E-state index in [4.69, 9.17) is 4.42 Å². The minimum atomic E-state index is -0.718. The highest BCUT2D eigenvalue weighted by molar-refractivity contribution is 6.16. The third-order valence-electron chi connectivity index (χ3n) is 5.03. The fraction of sp³-hybridized carbons (Fsp3) is 0.300. The summed E-state index contributed by atoms with van der Waals surface area (Å²) in [5.41, 5.74) is 4.31. The van der Waals surface area contributed by atoms with Crippen LogP contribution in [0.4, 0.5) is 0 Å². The van der Waals surface area contributed by atoms with Gasteiger partial charge in [-0.25, -0.2) is 0 Å². The Kier molecular flexibility index (Phi) is 4.99. The molecule has 0 fully saturated rings. The smallest absolute Gasteiger partial charge is 0.161 e. The number of aryl methyl sites for hydroxylation is 1. The van der Waals surface area contributed by atoms with Crippen molar-refractivity contribution in [2.75, 3.05) is 13.2 Å². The molecule has 0 unspecified atom stereocenters. The molecule has 2 aromatic carbocycles. The summed E-state index contributed by atoms with van der Waals surface area (Å²) in [5, 5.41) is 24.4. The SMILES string of the molecule is Cl.Cn1c2cccc(CNC(C)(CO)CO)c2c2oc3ccccc3c21. The Labute approximate surface area is 157 Å². The average molecular weight is 375 g/mol. The van der Waals surface area contributed by atoms with E-state index < -0.39 is 5.54 Å². The van der Waals surface area contributed by atoms with Crippen LogP contribution >= 0.6 is 12.4 Å². The van der Waals surface area contributed by atoms with Gasteiger partial charge in [-0.05, 0) is 30.7 Å². The molecule has 0 saturated heterocycles. The van der Waals surface area contributed by atoms with Crippen molar-refractivity contribution >= 4 is 45.4 Å². The van der Waals surface area contributed by atoms with Gasteiger partial charge >= 0.3 is 0 Å². The van der Waals surface area contributed by atoms with Gasteiger partial charge in [0.2, 0.25) is 0 Å². The van der Waals surface area contributed by atoms with Gasteiger partial charge in [0, 0.05) is 24.4 Å². The van der Waals surface area contributed by atoms with Gasteiger partial charge in [0.25, 0.3) is 0 Å². The van der Waals surface area contributed by atoms with Crippen LogP contribution in [0.2, 0.25) is 0 Å². The molecule has 0 aliphatic carbocycles. The van der Waals surface area contributed by atoms with Crippen LogP contribution in [0.25, 0.3) is 33.0 Å². The first-order valence-corrected chi connectivity index (χ1v) is 8.42. The molecule has 0 atom stereocenters. The number of nitrogens with zero attached hydrogens (tertiary/aromatic N) is 1. The molecule has 4 aromatic rings. The lowest BCUT2D eigenvalue weighted by atomic mass is 10.0. The summed E-state index contributed by atoms with van der Waals surface area (Å²) in [6, 6.07) is 14.2. The van der Waals surface area contributed by atoms with Gasteiger partial charge in [-0.1, -0.05) is 24.3 Å². The molecule has 3 N–H and O–H groups in total. The Hall–Kier alpha value is -2.05. The molecule has 2 heterocycles. The highest BCUT2D eigenvalue weighted by atomic mass is 35.5. The summed E-state index contributed by atoms with van der Waals surface area (Å²) in [6.45, 7) is 2.07. The Bertz CT molecular complexity index is 1060. The first kappa shape index (κ1) is 18.7. The van der Waals surface area contributed by atoms with E-state index in [0.29, 0.717) is 6.54 Å². The fourth-order valence-electron chi connectivity index (χ4n) is 3.40. The lowest BCUT2D eigenvalue weighted by Crippen LogP contribution is -2.48. The summed E-state index contributed by atoms with van der Waals surface area (Å²) < 4.78 is 8.33. The van der Waals surface area contributed by atoms with Crippen LogP contribution in [-0.2, 0) is 13.6 Å². The number of fused-ring (bicyclic) bond motifs is 5. The normalized spacial score (nSPS) is 12.2. The highest BCUT2D eigenvalue weighted by Crippen LogP contribution is 2.37. The van der Waals surface area contributed by atoms with Crippen molar-refractivity contribution in [3.8, 4) is 0 Å². The number of nitrogens with one attached hydrogen (secondary N) is 1. The maximum atomic E-state index is 9.50. The average Bonchev–Trinajstić information content (AvgIpc) is 3.16. The van der Waals surface area contributed by atoms with Gasteiger partial charge < -0.3 is 24.5 Å². The Morgan fingerprint density at radius 3 is 2.54 bits per heavy atom. The minimum absolute atomic E-state index is 0. The molecule has 0 spiro atoms. The lowest BCUT2D eigenvalue weighted by Gasteiger charge is -2.26.